The molecule has 4 rings (SSSR count). The van der Waals surface area contributed by atoms with Gasteiger partial charge in [-0.15, -0.1) is 0 Å². The van der Waals surface area contributed by atoms with Gasteiger partial charge in [-0.25, -0.2) is 4.39 Å². The fourth-order valence-corrected chi connectivity index (χ4v) is 3.65. The van der Waals surface area contributed by atoms with Gasteiger partial charge in [0.25, 0.3) is 5.91 Å². The molecular formula is C22H21ClFN5O2. The van der Waals surface area contributed by atoms with Gasteiger partial charge in [0, 0.05) is 16.3 Å². The molecule has 31 heavy (non-hydrogen) atoms. The van der Waals surface area contributed by atoms with E-state index in [1.54, 1.807) is 17.2 Å². The average Bonchev–Trinajstić information content (AvgIpc) is 3.32. The van der Waals surface area contributed by atoms with Crippen molar-refractivity contribution in [2.45, 2.75) is 39.3 Å². The van der Waals surface area contributed by atoms with Gasteiger partial charge < -0.3 is 10.2 Å². The molecule has 0 aliphatic carbocycles. The summed E-state index contributed by atoms with van der Waals surface area (Å²) in [7, 11) is 0. The zero-order valence-corrected chi connectivity index (χ0v) is 17.8. The van der Waals surface area contributed by atoms with Crippen molar-refractivity contribution in [3.05, 3.63) is 75.6 Å². The molecule has 0 fully saturated rings. The number of halogens is 2. The van der Waals surface area contributed by atoms with E-state index in [0.717, 1.165) is 5.69 Å². The third-order valence-corrected chi connectivity index (χ3v) is 5.57. The predicted molar refractivity (Wildman–Crippen MR) is 114 cm³/mol. The summed E-state index contributed by atoms with van der Waals surface area (Å²) in [5.74, 6) is -0.737. The molecule has 1 aromatic carbocycles. The van der Waals surface area contributed by atoms with E-state index < -0.39 is 5.82 Å². The summed E-state index contributed by atoms with van der Waals surface area (Å²) in [5, 5.41) is 10.1. The highest BCUT2D eigenvalue weighted by Crippen LogP contribution is 2.26. The number of amides is 2. The quantitative estimate of drug-likeness (QED) is 0.624. The van der Waals surface area contributed by atoms with Crippen LogP contribution in [0.25, 0.3) is 0 Å². The van der Waals surface area contributed by atoms with Crippen LogP contribution in [0.1, 0.15) is 52.8 Å². The minimum atomic E-state index is -0.446. The molecule has 2 N–H and O–H groups in total. The lowest BCUT2D eigenvalue weighted by Crippen LogP contribution is -2.28. The van der Waals surface area contributed by atoms with Crippen LogP contribution >= 0.6 is 11.6 Å². The number of aromatic nitrogens is 3. The molecule has 0 radical (unpaired) electrons. The topological polar surface area (TPSA) is 91.0 Å². The van der Waals surface area contributed by atoms with Crippen molar-refractivity contribution < 1.29 is 14.0 Å². The first-order valence-electron chi connectivity index (χ1n) is 9.87. The maximum absolute atomic E-state index is 13.5. The fraction of sp³-hybridized carbons (Fsp3) is 0.273. The van der Waals surface area contributed by atoms with Gasteiger partial charge in [-0.2, -0.15) is 5.10 Å². The SMILES string of the molecule is CC(C)c1ccc(NC(=O)c2n[nH]c3c2CN(C(=O)Cc2cc(F)ccc2Cl)C3)cn1. The molecule has 0 atom stereocenters. The second-order valence-electron chi connectivity index (χ2n) is 7.77. The Labute approximate surface area is 183 Å². The van der Waals surface area contributed by atoms with E-state index in [4.69, 9.17) is 11.6 Å². The van der Waals surface area contributed by atoms with E-state index in [0.29, 0.717) is 40.0 Å². The van der Waals surface area contributed by atoms with E-state index in [1.807, 2.05) is 19.9 Å². The van der Waals surface area contributed by atoms with Gasteiger partial charge in [-0.1, -0.05) is 25.4 Å². The van der Waals surface area contributed by atoms with Crippen molar-refractivity contribution >= 4 is 29.1 Å². The van der Waals surface area contributed by atoms with Crippen molar-refractivity contribution in [3.8, 4) is 0 Å². The first kappa shape index (κ1) is 21.0. The van der Waals surface area contributed by atoms with Crippen molar-refractivity contribution in [2.75, 3.05) is 5.32 Å². The van der Waals surface area contributed by atoms with Gasteiger partial charge >= 0.3 is 0 Å². The molecule has 2 amide bonds. The molecule has 3 heterocycles. The number of rotatable bonds is 5. The number of H-pyrrole nitrogens is 1. The van der Waals surface area contributed by atoms with Gasteiger partial charge in [0.05, 0.1) is 37.1 Å². The summed E-state index contributed by atoms with van der Waals surface area (Å²) in [6.07, 6.45) is 1.59. The van der Waals surface area contributed by atoms with Crippen LogP contribution in [0.2, 0.25) is 5.02 Å². The third kappa shape index (κ3) is 4.44. The van der Waals surface area contributed by atoms with E-state index in [-0.39, 0.29) is 30.5 Å². The summed E-state index contributed by atoms with van der Waals surface area (Å²) < 4.78 is 13.5. The van der Waals surface area contributed by atoms with Gasteiger partial charge in [-0.05, 0) is 41.8 Å². The number of benzene rings is 1. The molecule has 0 saturated heterocycles. The van der Waals surface area contributed by atoms with Crippen molar-refractivity contribution in [1.82, 2.24) is 20.1 Å². The summed E-state index contributed by atoms with van der Waals surface area (Å²) >= 11 is 6.07. The normalized spacial score (nSPS) is 12.9. The lowest BCUT2D eigenvalue weighted by Gasteiger charge is -2.16. The van der Waals surface area contributed by atoms with Crippen molar-refractivity contribution in [3.63, 3.8) is 0 Å². The molecule has 7 nitrogen and oxygen atoms in total. The van der Waals surface area contributed by atoms with Crippen LogP contribution in [0.4, 0.5) is 10.1 Å². The number of pyridine rings is 1. The number of carbonyl (C=O) groups excluding carboxylic acids is 2. The average molecular weight is 442 g/mol. The molecule has 3 aromatic rings. The van der Waals surface area contributed by atoms with Crippen LogP contribution in [0.3, 0.4) is 0 Å². The molecule has 1 aliphatic rings. The van der Waals surface area contributed by atoms with E-state index in [2.05, 4.69) is 20.5 Å². The van der Waals surface area contributed by atoms with Crippen LogP contribution in [-0.2, 0) is 24.3 Å². The highest BCUT2D eigenvalue weighted by molar-refractivity contribution is 6.31. The molecule has 9 heteroatoms. The molecule has 2 aromatic heterocycles. The Balaban J connectivity index is 1.43. The summed E-state index contributed by atoms with van der Waals surface area (Å²) in [5.41, 5.74) is 3.54. The number of nitrogens with one attached hydrogen (secondary N) is 2. The minimum Gasteiger partial charge on any atom is -0.332 e. The number of carbonyl (C=O) groups is 2. The van der Waals surface area contributed by atoms with Crippen LogP contribution < -0.4 is 5.32 Å². The molecule has 0 unspecified atom stereocenters. The Kier molecular flexibility index (Phi) is 5.73. The van der Waals surface area contributed by atoms with Crippen LogP contribution in [-0.4, -0.2) is 31.9 Å². The standard InChI is InChI=1S/C22H21ClFN5O2/c1-12(2)18-6-4-15(9-25-18)26-22(31)21-16-10-29(11-19(16)27-28-21)20(30)8-13-7-14(24)3-5-17(13)23/h3-7,9,12H,8,10-11H2,1-2H3,(H,26,31)(H,27,28). The molecule has 1 aliphatic heterocycles. The molecule has 0 bridgehead atoms. The number of nitrogens with zero attached hydrogens (tertiary/aromatic N) is 3. The Morgan fingerprint density at radius 1 is 1.26 bits per heavy atom. The van der Waals surface area contributed by atoms with Gasteiger partial charge in [0.1, 0.15) is 5.82 Å². The number of fused-ring (bicyclic) bond motifs is 1. The zero-order valence-electron chi connectivity index (χ0n) is 17.1. The molecule has 0 saturated carbocycles. The second-order valence-corrected chi connectivity index (χ2v) is 8.18. The van der Waals surface area contributed by atoms with Gasteiger partial charge in [0.15, 0.2) is 5.69 Å². The summed E-state index contributed by atoms with van der Waals surface area (Å²) in [6.45, 7) is 4.63. The molecule has 0 spiro atoms. The van der Waals surface area contributed by atoms with E-state index in [9.17, 15) is 14.0 Å². The summed E-state index contributed by atoms with van der Waals surface area (Å²) in [4.78, 5) is 31.3. The largest absolute Gasteiger partial charge is 0.332 e. The first-order valence-corrected chi connectivity index (χ1v) is 10.2. The fourth-order valence-electron chi connectivity index (χ4n) is 3.47. The molecular weight excluding hydrogens is 421 g/mol. The number of hydrogen-bond acceptors (Lipinski definition) is 4. The Bertz CT molecular complexity index is 1140. The number of hydrogen-bond donors (Lipinski definition) is 2. The van der Waals surface area contributed by atoms with Crippen LogP contribution in [0, 0.1) is 5.82 Å². The summed E-state index contributed by atoms with van der Waals surface area (Å²) in [6, 6.07) is 7.60. The minimum absolute atomic E-state index is 0.0241. The highest BCUT2D eigenvalue weighted by Gasteiger charge is 2.30. The Morgan fingerprint density at radius 2 is 2.06 bits per heavy atom. The monoisotopic (exact) mass is 441 g/mol. The lowest BCUT2D eigenvalue weighted by molar-refractivity contribution is -0.131. The van der Waals surface area contributed by atoms with E-state index in [1.165, 1.54) is 18.2 Å². The lowest BCUT2D eigenvalue weighted by atomic mass is 10.1. The second kappa shape index (κ2) is 8.47. The van der Waals surface area contributed by atoms with Gasteiger partial charge in [-0.3, -0.25) is 19.7 Å². The van der Waals surface area contributed by atoms with Crippen molar-refractivity contribution in [2.24, 2.45) is 0 Å². The third-order valence-electron chi connectivity index (χ3n) is 5.20. The smallest absolute Gasteiger partial charge is 0.276 e. The highest BCUT2D eigenvalue weighted by atomic mass is 35.5. The number of anilines is 1. The maximum atomic E-state index is 13.5. The number of aromatic amines is 1. The van der Waals surface area contributed by atoms with Crippen molar-refractivity contribution in [1.29, 1.82) is 0 Å². The Hall–Kier alpha value is -3.26. The Morgan fingerprint density at radius 3 is 2.77 bits per heavy atom. The first-order chi connectivity index (χ1) is 14.8. The maximum Gasteiger partial charge on any atom is 0.276 e. The zero-order chi connectivity index (χ0) is 22.1. The van der Waals surface area contributed by atoms with E-state index >= 15 is 0 Å². The van der Waals surface area contributed by atoms with Crippen LogP contribution in [0.5, 0.6) is 0 Å². The predicted octanol–water partition coefficient (Wildman–Crippen LogP) is 4.06. The molecule has 160 valence electrons. The van der Waals surface area contributed by atoms with Crippen LogP contribution in [0.15, 0.2) is 36.5 Å². The van der Waals surface area contributed by atoms with Gasteiger partial charge in [0.2, 0.25) is 5.91 Å².